The van der Waals surface area contributed by atoms with Gasteiger partial charge in [0, 0.05) is 54.0 Å². The first-order chi connectivity index (χ1) is 19.6. The van der Waals surface area contributed by atoms with Crippen molar-refractivity contribution < 1.29 is 18.7 Å². The first-order valence-electron chi connectivity index (χ1n) is 15.0. The molecule has 41 heavy (non-hydrogen) atoms. The van der Waals surface area contributed by atoms with Crippen LogP contribution in [0.5, 0.6) is 0 Å². The SMILES string of the molecule is CC(C)c1cnn2c(NC3C[C@H]4CC[C@@H](C3)N4C(=O)OCC3(F)CN(C(=O)/C=C/CN(C)C)C3)cc(C3CC3)nc12. The normalized spacial score (nSPS) is 25.4. The van der Waals surface area contributed by atoms with E-state index in [0.717, 1.165) is 48.4 Å². The zero-order valence-electron chi connectivity index (χ0n) is 24.6. The van der Waals surface area contributed by atoms with Gasteiger partial charge in [0.2, 0.25) is 5.91 Å². The summed E-state index contributed by atoms with van der Waals surface area (Å²) in [5, 5.41) is 8.41. The number of carbonyl (C=O) groups excluding carboxylic acids is 2. The highest BCUT2D eigenvalue weighted by Crippen LogP contribution is 2.42. The van der Waals surface area contributed by atoms with Crippen LogP contribution in [0.1, 0.15) is 75.5 Å². The van der Waals surface area contributed by atoms with Crippen LogP contribution in [0, 0.1) is 0 Å². The lowest BCUT2D eigenvalue weighted by Crippen LogP contribution is -2.63. The summed E-state index contributed by atoms with van der Waals surface area (Å²) in [6.07, 6.45) is 10.5. The van der Waals surface area contributed by atoms with Crippen molar-refractivity contribution in [1.82, 2.24) is 29.3 Å². The molecule has 0 spiro atoms. The van der Waals surface area contributed by atoms with Crippen molar-refractivity contribution in [2.45, 2.75) is 88.0 Å². The molecule has 4 aliphatic rings. The van der Waals surface area contributed by atoms with Crippen LogP contribution in [0.25, 0.3) is 5.65 Å². The van der Waals surface area contributed by atoms with Crippen LogP contribution in [0.15, 0.2) is 24.4 Å². The molecule has 1 unspecified atom stereocenters. The molecule has 5 heterocycles. The number of aromatic nitrogens is 3. The summed E-state index contributed by atoms with van der Waals surface area (Å²) >= 11 is 0. The van der Waals surface area contributed by atoms with E-state index >= 15 is 4.39 Å². The minimum Gasteiger partial charge on any atom is -0.446 e. The number of nitrogens with zero attached hydrogens (tertiary/aromatic N) is 6. The molecule has 3 aliphatic heterocycles. The van der Waals surface area contributed by atoms with Gasteiger partial charge in [-0.3, -0.25) is 4.79 Å². The van der Waals surface area contributed by atoms with Gasteiger partial charge in [0.05, 0.1) is 19.3 Å². The number of piperidine rings is 1. The van der Waals surface area contributed by atoms with E-state index in [9.17, 15) is 9.59 Å². The molecule has 0 aromatic carbocycles. The van der Waals surface area contributed by atoms with Crippen molar-refractivity contribution in [1.29, 1.82) is 0 Å². The van der Waals surface area contributed by atoms with Crippen molar-refractivity contribution in [2.24, 2.45) is 0 Å². The van der Waals surface area contributed by atoms with E-state index in [1.807, 2.05) is 34.6 Å². The third kappa shape index (κ3) is 5.78. The van der Waals surface area contributed by atoms with Crippen LogP contribution in [-0.4, -0.2) is 105 Å². The molecular formula is C30H42FN7O3. The molecular weight excluding hydrogens is 525 g/mol. The van der Waals surface area contributed by atoms with Crippen molar-refractivity contribution in [3.8, 4) is 0 Å². The fourth-order valence-corrected chi connectivity index (χ4v) is 6.52. The highest BCUT2D eigenvalue weighted by Gasteiger charge is 2.49. The summed E-state index contributed by atoms with van der Waals surface area (Å²) in [5.41, 5.74) is 1.52. The van der Waals surface area contributed by atoms with Gasteiger partial charge in [-0.2, -0.15) is 9.61 Å². The molecule has 222 valence electrons. The first kappa shape index (κ1) is 27.9. The highest BCUT2D eigenvalue weighted by atomic mass is 19.1. The fraction of sp³-hybridized carbons (Fsp3) is 0.667. The molecule has 10 nitrogen and oxygen atoms in total. The predicted molar refractivity (Wildman–Crippen MR) is 154 cm³/mol. The van der Waals surface area contributed by atoms with E-state index in [2.05, 4.69) is 30.3 Å². The van der Waals surface area contributed by atoms with E-state index in [4.69, 9.17) is 9.72 Å². The van der Waals surface area contributed by atoms with Crippen LogP contribution < -0.4 is 5.32 Å². The largest absolute Gasteiger partial charge is 0.446 e. The van der Waals surface area contributed by atoms with Crippen LogP contribution >= 0.6 is 0 Å². The number of rotatable bonds is 9. The molecule has 3 saturated heterocycles. The second kappa shape index (κ2) is 10.9. The number of carbonyl (C=O) groups is 2. The maximum Gasteiger partial charge on any atom is 0.410 e. The second-order valence-corrected chi connectivity index (χ2v) is 13.0. The number of alkyl halides is 1. The Labute approximate surface area is 240 Å². The number of hydrogen-bond donors (Lipinski definition) is 1. The van der Waals surface area contributed by atoms with Gasteiger partial charge < -0.3 is 24.8 Å². The van der Waals surface area contributed by atoms with Crippen molar-refractivity contribution in [3.63, 3.8) is 0 Å². The van der Waals surface area contributed by atoms with E-state index in [0.29, 0.717) is 18.4 Å². The minimum atomic E-state index is -1.69. The molecule has 6 rings (SSSR count). The lowest BCUT2D eigenvalue weighted by molar-refractivity contribution is -0.143. The van der Waals surface area contributed by atoms with Gasteiger partial charge >= 0.3 is 6.09 Å². The summed E-state index contributed by atoms with van der Waals surface area (Å²) < 4.78 is 22.6. The zero-order valence-corrected chi connectivity index (χ0v) is 24.6. The van der Waals surface area contributed by atoms with Crippen LogP contribution in [0.2, 0.25) is 0 Å². The average Bonchev–Trinajstić information content (AvgIpc) is 3.60. The monoisotopic (exact) mass is 567 g/mol. The predicted octanol–water partition coefficient (Wildman–Crippen LogP) is 3.94. The number of likely N-dealkylation sites (N-methyl/N-ethyl adjacent to an activating group) is 1. The molecule has 1 N–H and O–H groups in total. The summed E-state index contributed by atoms with van der Waals surface area (Å²) in [7, 11) is 3.83. The molecule has 2 bridgehead atoms. The Morgan fingerprint density at radius 1 is 1.20 bits per heavy atom. The second-order valence-electron chi connectivity index (χ2n) is 13.0. The van der Waals surface area contributed by atoms with Crippen LogP contribution in [-0.2, 0) is 9.53 Å². The molecule has 3 atom stereocenters. The topological polar surface area (TPSA) is 95.3 Å². The maximum absolute atomic E-state index is 15.1. The van der Waals surface area contributed by atoms with E-state index in [-0.39, 0.29) is 43.7 Å². The van der Waals surface area contributed by atoms with Crippen LogP contribution in [0.4, 0.5) is 15.0 Å². The average molecular weight is 568 g/mol. The lowest BCUT2D eigenvalue weighted by Gasteiger charge is -2.44. The van der Waals surface area contributed by atoms with Crippen molar-refractivity contribution in [3.05, 3.63) is 35.7 Å². The van der Waals surface area contributed by atoms with Crippen LogP contribution in [0.3, 0.4) is 0 Å². The summed E-state index contributed by atoms with van der Waals surface area (Å²) in [6.45, 7) is 4.53. The summed E-state index contributed by atoms with van der Waals surface area (Å²) in [5.74, 6) is 1.61. The first-order valence-corrected chi connectivity index (χ1v) is 15.0. The molecule has 11 heteroatoms. The smallest absolute Gasteiger partial charge is 0.410 e. The fourth-order valence-electron chi connectivity index (χ4n) is 6.52. The van der Waals surface area contributed by atoms with E-state index in [1.165, 1.54) is 23.8 Å². The third-order valence-corrected chi connectivity index (χ3v) is 8.88. The van der Waals surface area contributed by atoms with Crippen molar-refractivity contribution >= 4 is 23.5 Å². The minimum absolute atomic E-state index is 0.0553. The maximum atomic E-state index is 15.1. The highest BCUT2D eigenvalue weighted by molar-refractivity contribution is 5.88. The Morgan fingerprint density at radius 2 is 1.90 bits per heavy atom. The number of anilines is 1. The van der Waals surface area contributed by atoms with Gasteiger partial charge in [0.15, 0.2) is 11.3 Å². The molecule has 0 radical (unpaired) electrons. The Bertz CT molecular complexity index is 1320. The molecule has 2 aromatic heterocycles. The lowest BCUT2D eigenvalue weighted by atomic mass is 9.97. The Hall–Kier alpha value is -3.21. The third-order valence-electron chi connectivity index (χ3n) is 8.88. The van der Waals surface area contributed by atoms with E-state index in [1.54, 1.807) is 6.08 Å². The molecule has 4 fully saturated rings. The number of hydrogen-bond acceptors (Lipinski definition) is 7. The molecule has 1 aliphatic carbocycles. The number of halogens is 1. The van der Waals surface area contributed by atoms with Gasteiger partial charge in [-0.25, -0.2) is 14.2 Å². The molecule has 2 aromatic rings. The van der Waals surface area contributed by atoms with Crippen molar-refractivity contribution in [2.75, 3.05) is 45.7 Å². The standard InChI is InChI=1S/C30H42FN7O3/c1-19(2)24-15-32-38-26(14-25(20-7-8-20)34-28(24)38)33-21-12-22-9-10-23(13-21)37(22)29(40)41-18-30(31)16-36(17-30)27(39)6-5-11-35(3)4/h5-6,14-15,19-23,33H,7-13,16-18H2,1-4H3/b6-5+/t21?,22-,23+. The van der Waals surface area contributed by atoms with Gasteiger partial charge in [0.1, 0.15) is 12.4 Å². The summed E-state index contributed by atoms with van der Waals surface area (Å²) in [6, 6.07) is 2.45. The summed E-state index contributed by atoms with van der Waals surface area (Å²) in [4.78, 5) is 35.5. The number of nitrogens with one attached hydrogen (secondary N) is 1. The van der Waals surface area contributed by atoms with Gasteiger partial charge in [-0.15, -0.1) is 0 Å². The van der Waals surface area contributed by atoms with Gasteiger partial charge in [-0.05, 0) is 58.5 Å². The number of amides is 2. The quantitative estimate of drug-likeness (QED) is 0.459. The van der Waals surface area contributed by atoms with Gasteiger partial charge in [-0.1, -0.05) is 19.9 Å². The van der Waals surface area contributed by atoms with Gasteiger partial charge in [0.25, 0.3) is 0 Å². The Morgan fingerprint density at radius 3 is 2.54 bits per heavy atom. The Balaban J connectivity index is 1.05. The Kier molecular flexibility index (Phi) is 7.42. The zero-order chi connectivity index (χ0) is 28.9. The number of fused-ring (bicyclic) bond motifs is 3. The number of likely N-dealkylation sites (tertiary alicyclic amines) is 1. The van der Waals surface area contributed by atoms with E-state index < -0.39 is 11.8 Å². The molecule has 2 amide bonds. The molecule has 1 saturated carbocycles. The number of ether oxygens (including phenoxy) is 1.